The molecule has 1 aliphatic heterocycles. The van der Waals surface area contributed by atoms with Gasteiger partial charge in [0.2, 0.25) is 0 Å². The maximum atomic E-state index is 12.3. The first-order chi connectivity index (χ1) is 12.2. The molecule has 0 saturated carbocycles. The number of urea groups is 1. The number of ether oxygens (including phenoxy) is 1. The average molecular weight is 343 g/mol. The van der Waals surface area contributed by atoms with Gasteiger partial charge < -0.3 is 19.5 Å². The zero-order chi connectivity index (χ0) is 17.5. The molecule has 1 saturated heterocycles. The van der Waals surface area contributed by atoms with Crippen molar-refractivity contribution in [1.29, 1.82) is 0 Å². The van der Waals surface area contributed by atoms with E-state index in [1.807, 2.05) is 41.7 Å². The minimum Gasteiger partial charge on any atom is -0.497 e. The molecule has 25 heavy (non-hydrogen) atoms. The van der Waals surface area contributed by atoms with Gasteiger partial charge in [-0.2, -0.15) is 0 Å². The van der Waals surface area contributed by atoms with Crippen LogP contribution >= 0.6 is 0 Å². The molecule has 2 heterocycles. The molecule has 0 bridgehead atoms. The monoisotopic (exact) mass is 343 g/mol. The standard InChI is InChI=1S/C18H25N5O2/c1-25-17-4-2-16(3-5-17)14-20-18(24)23-12-10-21(11-13-23)8-9-22-7-6-19-15-22/h2-7,15H,8-14H2,1H3,(H,20,24). The summed E-state index contributed by atoms with van der Waals surface area (Å²) >= 11 is 0. The van der Waals surface area contributed by atoms with Gasteiger partial charge in [0.05, 0.1) is 13.4 Å². The number of carbonyl (C=O) groups excluding carboxylic acids is 1. The van der Waals surface area contributed by atoms with Gasteiger partial charge in [-0.25, -0.2) is 9.78 Å². The molecule has 7 nitrogen and oxygen atoms in total. The van der Waals surface area contributed by atoms with Crippen LogP contribution in [0.3, 0.4) is 0 Å². The third-order valence-electron chi connectivity index (χ3n) is 4.50. The summed E-state index contributed by atoms with van der Waals surface area (Å²) in [6.07, 6.45) is 5.61. The van der Waals surface area contributed by atoms with Crippen LogP contribution in [0.25, 0.3) is 0 Å². The number of imidazole rings is 1. The van der Waals surface area contributed by atoms with Crippen molar-refractivity contribution in [3.63, 3.8) is 0 Å². The molecule has 1 aliphatic rings. The molecule has 0 atom stereocenters. The summed E-state index contributed by atoms with van der Waals surface area (Å²) in [6.45, 7) is 5.79. The van der Waals surface area contributed by atoms with Gasteiger partial charge in [-0.3, -0.25) is 4.90 Å². The molecule has 3 rings (SSSR count). The molecule has 2 amide bonds. The van der Waals surface area contributed by atoms with E-state index in [9.17, 15) is 4.79 Å². The highest BCUT2D eigenvalue weighted by atomic mass is 16.5. The van der Waals surface area contributed by atoms with Crippen LogP contribution in [0.1, 0.15) is 5.56 Å². The second kappa shape index (κ2) is 8.53. The lowest BCUT2D eigenvalue weighted by Gasteiger charge is -2.34. The van der Waals surface area contributed by atoms with Crippen molar-refractivity contribution in [3.8, 4) is 5.75 Å². The number of hydrogen-bond donors (Lipinski definition) is 1. The molecule has 0 radical (unpaired) electrons. The second-order valence-corrected chi connectivity index (χ2v) is 6.14. The molecule has 2 aromatic rings. The first-order valence-corrected chi connectivity index (χ1v) is 8.58. The number of piperazine rings is 1. The molecule has 1 aromatic carbocycles. The highest BCUT2D eigenvalue weighted by Gasteiger charge is 2.20. The Morgan fingerprint density at radius 3 is 2.56 bits per heavy atom. The predicted octanol–water partition coefficient (Wildman–Crippen LogP) is 1.42. The van der Waals surface area contributed by atoms with E-state index in [-0.39, 0.29) is 6.03 Å². The molecule has 0 spiro atoms. The lowest BCUT2D eigenvalue weighted by atomic mass is 10.2. The molecule has 1 aromatic heterocycles. The van der Waals surface area contributed by atoms with Gasteiger partial charge in [0.1, 0.15) is 5.75 Å². The lowest BCUT2D eigenvalue weighted by Crippen LogP contribution is -2.52. The van der Waals surface area contributed by atoms with E-state index in [1.165, 1.54) is 0 Å². The van der Waals surface area contributed by atoms with Gasteiger partial charge in [-0.15, -0.1) is 0 Å². The van der Waals surface area contributed by atoms with Gasteiger partial charge in [0, 0.05) is 58.2 Å². The third-order valence-corrected chi connectivity index (χ3v) is 4.50. The molecule has 0 aliphatic carbocycles. The van der Waals surface area contributed by atoms with Gasteiger partial charge in [-0.1, -0.05) is 12.1 Å². The molecular weight excluding hydrogens is 318 g/mol. The number of amides is 2. The normalized spacial score (nSPS) is 15.2. The van der Waals surface area contributed by atoms with Crippen LogP contribution in [0.5, 0.6) is 5.75 Å². The SMILES string of the molecule is COc1ccc(CNC(=O)N2CCN(CCn3ccnc3)CC2)cc1. The maximum absolute atomic E-state index is 12.3. The summed E-state index contributed by atoms with van der Waals surface area (Å²) in [7, 11) is 1.64. The van der Waals surface area contributed by atoms with Crippen LogP contribution in [-0.4, -0.2) is 65.2 Å². The van der Waals surface area contributed by atoms with Gasteiger partial charge in [0.25, 0.3) is 0 Å². The zero-order valence-electron chi connectivity index (χ0n) is 14.6. The number of methoxy groups -OCH3 is 1. The van der Waals surface area contributed by atoms with Crippen LogP contribution < -0.4 is 10.1 Å². The Morgan fingerprint density at radius 1 is 1.16 bits per heavy atom. The fourth-order valence-corrected chi connectivity index (χ4v) is 2.88. The van der Waals surface area contributed by atoms with Gasteiger partial charge in [0.15, 0.2) is 0 Å². The first kappa shape index (κ1) is 17.3. The Labute approximate surface area is 148 Å². The van der Waals surface area contributed by atoms with Crippen molar-refractivity contribution in [1.82, 2.24) is 24.7 Å². The maximum Gasteiger partial charge on any atom is 0.317 e. The summed E-state index contributed by atoms with van der Waals surface area (Å²) < 4.78 is 7.22. The van der Waals surface area contributed by atoms with Crippen LogP contribution in [-0.2, 0) is 13.1 Å². The van der Waals surface area contributed by atoms with Gasteiger partial charge in [-0.05, 0) is 17.7 Å². The van der Waals surface area contributed by atoms with Crippen molar-refractivity contribution in [3.05, 3.63) is 48.5 Å². The number of nitrogens with one attached hydrogen (secondary N) is 1. The molecule has 7 heteroatoms. The number of carbonyl (C=O) groups is 1. The van der Waals surface area contributed by atoms with Crippen LogP contribution in [0.15, 0.2) is 43.0 Å². The number of nitrogens with zero attached hydrogens (tertiary/aromatic N) is 4. The van der Waals surface area contributed by atoms with E-state index in [2.05, 4.69) is 19.8 Å². The van der Waals surface area contributed by atoms with E-state index < -0.39 is 0 Å². The highest BCUT2D eigenvalue weighted by Crippen LogP contribution is 2.11. The zero-order valence-corrected chi connectivity index (χ0v) is 14.6. The Kier molecular flexibility index (Phi) is 5.90. The average Bonchev–Trinajstić information content (AvgIpc) is 3.19. The number of benzene rings is 1. The summed E-state index contributed by atoms with van der Waals surface area (Å²) in [4.78, 5) is 20.6. The van der Waals surface area contributed by atoms with Crippen molar-refractivity contribution >= 4 is 6.03 Å². The van der Waals surface area contributed by atoms with Crippen LogP contribution in [0.4, 0.5) is 4.79 Å². The molecular formula is C18H25N5O2. The summed E-state index contributed by atoms with van der Waals surface area (Å²) in [5.74, 6) is 0.821. The Balaban J connectivity index is 1.37. The summed E-state index contributed by atoms with van der Waals surface area (Å²) in [5, 5.41) is 2.99. The first-order valence-electron chi connectivity index (χ1n) is 8.58. The fourth-order valence-electron chi connectivity index (χ4n) is 2.88. The lowest BCUT2D eigenvalue weighted by molar-refractivity contribution is 0.136. The van der Waals surface area contributed by atoms with Crippen molar-refractivity contribution in [2.45, 2.75) is 13.1 Å². The summed E-state index contributed by atoms with van der Waals surface area (Å²) in [6, 6.07) is 7.74. The Morgan fingerprint density at radius 2 is 1.92 bits per heavy atom. The molecule has 0 unspecified atom stereocenters. The largest absolute Gasteiger partial charge is 0.497 e. The van der Waals surface area contributed by atoms with Crippen molar-refractivity contribution < 1.29 is 9.53 Å². The summed E-state index contributed by atoms with van der Waals surface area (Å²) in [5.41, 5.74) is 1.06. The smallest absolute Gasteiger partial charge is 0.317 e. The quantitative estimate of drug-likeness (QED) is 0.862. The van der Waals surface area contributed by atoms with Crippen molar-refractivity contribution in [2.24, 2.45) is 0 Å². The molecule has 134 valence electrons. The Hall–Kier alpha value is -2.54. The van der Waals surface area contributed by atoms with E-state index >= 15 is 0 Å². The van der Waals surface area contributed by atoms with E-state index in [4.69, 9.17) is 4.74 Å². The molecule has 1 N–H and O–H groups in total. The van der Waals surface area contributed by atoms with E-state index in [1.54, 1.807) is 13.3 Å². The van der Waals surface area contributed by atoms with Crippen LogP contribution in [0, 0.1) is 0 Å². The number of aromatic nitrogens is 2. The predicted molar refractivity (Wildman–Crippen MR) is 95.5 cm³/mol. The topological polar surface area (TPSA) is 62.6 Å². The number of hydrogen-bond acceptors (Lipinski definition) is 4. The van der Waals surface area contributed by atoms with E-state index in [0.29, 0.717) is 6.54 Å². The fraction of sp³-hybridized carbons (Fsp3) is 0.444. The Bertz CT molecular complexity index is 649. The van der Waals surface area contributed by atoms with Crippen LogP contribution in [0.2, 0.25) is 0 Å². The third kappa shape index (κ3) is 4.96. The van der Waals surface area contributed by atoms with Gasteiger partial charge >= 0.3 is 6.03 Å². The minimum atomic E-state index is 0.00470. The van der Waals surface area contributed by atoms with E-state index in [0.717, 1.165) is 50.6 Å². The second-order valence-electron chi connectivity index (χ2n) is 6.14. The minimum absolute atomic E-state index is 0.00470. The number of rotatable bonds is 6. The highest BCUT2D eigenvalue weighted by molar-refractivity contribution is 5.74. The molecule has 1 fully saturated rings. The van der Waals surface area contributed by atoms with Crippen molar-refractivity contribution in [2.75, 3.05) is 39.8 Å².